The molecule has 86 valence electrons. The van der Waals surface area contributed by atoms with E-state index in [1.165, 1.54) is 7.11 Å². The summed E-state index contributed by atoms with van der Waals surface area (Å²) in [6.07, 6.45) is 0.265. The van der Waals surface area contributed by atoms with E-state index in [4.69, 9.17) is 5.11 Å². The molecule has 0 aromatic carbocycles. The summed E-state index contributed by atoms with van der Waals surface area (Å²) in [6, 6.07) is -1.67. The van der Waals surface area contributed by atoms with Crippen LogP contribution in [-0.4, -0.2) is 42.8 Å². The van der Waals surface area contributed by atoms with Crippen molar-refractivity contribution in [2.75, 3.05) is 13.7 Å². The lowest BCUT2D eigenvalue weighted by molar-refractivity contribution is -0.139. The number of amides is 2. The van der Waals surface area contributed by atoms with Gasteiger partial charge in [0.25, 0.3) is 0 Å². The lowest BCUT2D eigenvalue weighted by Crippen LogP contribution is -2.46. The van der Waals surface area contributed by atoms with Gasteiger partial charge < -0.3 is 20.5 Å². The molecule has 2 amide bonds. The minimum absolute atomic E-state index is 0.265. The molecule has 0 aromatic heterocycles. The Morgan fingerprint density at radius 2 is 2.00 bits per heavy atom. The largest absolute Gasteiger partial charge is 0.480 e. The van der Waals surface area contributed by atoms with Crippen LogP contribution in [0.5, 0.6) is 0 Å². The monoisotopic (exact) mass is 218 g/mol. The van der Waals surface area contributed by atoms with E-state index in [1.54, 1.807) is 6.92 Å². The zero-order chi connectivity index (χ0) is 11.8. The van der Waals surface area contributed by atoms with Gasteiger partial charge in [-0.05, 0) is 6.42 Å². The molecular weight excluding hydrogens is 204 g/mol. The molecule has 0 aliphatic heterocycles. The number of aliphatic carboxylic acids is 1. The Bertz CT molecular complexity index is 253. The fourth-order valence-electron chi connectivity index (χ4n) is 0.772. The first kappa shape index (κ1) is 13.2. The molecule has 0 spiro atoms. The summed E-state index contributed by atoms with van der Waals surface area (Å²) in [5, 5.41) is 13.0. The predicted octanol–water partition coefficient (Wildman–Crippen LogP) is -0.678. The second-order valence-electron chi connectivity index (χ2n) is 2.70. The molecule has 7 nitrogen and oxygen atoms in total. The Hall–Kier alpha value is -1.79. The van der Waals surface area contributed by atoms with Crippen molar-refractivity contribution in [2.24, 2.45) is 0 Å². The van der Waals surface area contributed by atoms with Gasteiger partial charge in [-0.1, -0.05) is 6.92 Å². The number of methoxy groups -OCH3 is 1. The summed E-state index contributed by atoms with van der Waals surface area (Å²) in [4.78, 5) is 32.2. The van der Waals surface area contributed by atoms with E-state index in [-0.39, 0.29) is 13.0 Å². The Morgan fingerprint density at radius 3 is 2.40 bits per heavy atom. The smallest absolute Gasteiger partial charge is 0.326 e. The summed E-state index contributed by atoms with van der Waals surface area (Å²) >= 11 is 0. The Morgan fingerprint density at radius 1 is 1.40 bits per heavy atom. The normalized spacial score (nSPS) is 11.3. The maximum atomic E-state index is 11.0. The number of carboxylic acids is 1. The van der Waals surface area contributed by atoms with Crippen molar-refractivity contribution in [1.82, 2.24) is 10.6 Å². The van der Waals surface area contributed by atoms with Crippen LogP contribution >= 0.6 is 0 Å². The highest BCUT2D eigenvalue weighted by molar-refractivity contribution is 5.84. The maximum absolute atomic E-state index is 11.0. The first-order chi connectivity index (χ1) is 7.01. The highest BCUT2D eigenvalue weighted by atomic mass is 16.5. The summed E-state index contributed by atoms with van der Waals surface area (Å²) < 4.78 is 4.28. The molecule has 0 bridgehead atoms. The Balaban J connectivity index is 3.91. The van der Waals surface area contributed by atoms with E-state index in [2.05, 4.69) is 15.4 Å². The van der Waals surface area contributed by atoms with Crippen LogP contribution in [0.3, 0.4) is 0 Å². The Labute approximate surface area is 86.8 Å². The number of carboxylic acid groups (broad SMARTS) is 1. The van der Waals surface area contributed by atoms with Crippen LogP contribution in [0.4, 0.5) is 4.79 Å². The standard InChI is InChI=1S/C8H14N2O5/c1-3-5(7(12)13)10-8(14)9-4-6(11)15-2/h5H,3-4H2,1-2H3,(H,12,13)(H2,9,10,14). The van der Waals surface area contributed by atoms with Crippen molar-refractivity contribution in [2.45, 2.75) is 19.4 Å². The van der Waals surface area contributed by atoms with Gasteiger partial charge in [0.2, 0.25) is 0 Å². The first-order valence-electron chi connectivity index (χ1n) is 4.35. The molecule has 0 rings (SSSR count). The van der Waals surface area contributed by atoms with Crippen molar-refractivity contribution in [3.63, 3.8) is 0 Å². The lowest BCUT2D eigenvalue weighted by atomic mass is 10.2. The molecule has 0 radical (unpaired) electrons. The van der Waals surface area contributed by atoms with Gasteiger partial charge in [0, 0.05) is 0 Å². The van der Waals surface area contributed by atoms with Gasteiger partial charge in [0.1, 0.15) is 12.6 Å². The van der Waals surface area contributed by atoms with Crippen molar-refractivity contribution in [3.8, 4) is 0 Å². The summed E-state index contributed by atoms with van der Waals surface area (Å²) in [5.41, 5.74) is 0. The molecule has 0 saturated heterocycles. The number of carbonyl (C=O) groups is 3. The third-order valence-corrected chi connectivity index (χ3v) is 1.63. The Kier molecular flexibility index (Phi) is 5.84. The van der Waals surface area contributed by atoms with Gasteiger partial charge in [-0.25, -0.2) is 9.59 Å². The second kappa shape index (κ2) is 6.63. The molecule has 15 heavy (non-hydrogen) atoms. The van der Waals surface area contributed by atoms with Crippen LogP contribution in [0.15, 0.2) is 0 Å². The topological polar surface area (TPSA) is 105 Å². The minimum atomic E-state index is -1.12. The zero-order valence-electron chi connectivity index (χ0n) is 8.57. The van der Waals surface area contributed by atoms with Crippen molar-refractivity contribution < 1.29 is 24.2 Å². The molecule has 0 aliphatic carbocycles. The zero-order valence-corrected chi connectivity index (χ0v) is 8.57. The van der Waals surface area contributed by atoms with Crippen molar-refractivity contribution in [3.05, 3.63) is 0 Å². The van der Waals surface area contributed by atoms with Crippen LogP contribution in [0.2, 0.25) is 0 Å². The molecule has 1 atom stereocenters. The molecule has 1 unspecified atom stereocenters. The molecule has 3 N–H and O–H groups in total. The number of hydrogen-bond acceptors (Lipinski definition) is 4. The molecule has 0 saturated carbocycles. The first-order valence-corrected chi connectivity index (χ1v) is 4.35. The fraction of sp³-hybridized carbons (Fsp3) is 0.625. The number of carbonyl (C=O) groups excluding carboxylic acids is 2. The molecule has 0 aromatic rings. The number of urea groups is 1. The number of ether oxygens (including phenoxy) is 1. The molecule has 0 aliphatic rings. The molecular formula is C8H14N2O5. The lowest BCUT2D eigenvalue weighted by Gasteiger charge is -2.12. The average molecular weight is 218 g/mol. The van der Waals surface area contributed by atoms with E-state index in [1.807, 2.05) is 0 Å². The number of esters is 1. The average Bonchev–Trinajstić information content (AvgIpc) is 2.21. The SMILES string of the molecule is CCC(NC(=O)NCC(=O)OC)C(=O)O. The summed E-state index contributed by atoms with van der Waals surface area (Å²) in [5.74, 6) is -1.72. The third kappa shape index (κ3) is 5.50. The van der Waals surface area contributed by atoms with Gasteiger partial charge >= 0.3 is 18.0 Å². The minimum Gasteiger partial charge on any atom is -0.480 e. The summed E-state index contributed by atoms with van der Waals surface area (Å²) in [6.45, 7) is 1.33. The highest BCUT2D eigenvalue weighted by Gasteiger charge is 2.17. The molecule has 7 heteroatoms. The van der Waals surface area contributed by atoms with E-state index < -0.39 is 24.0 Å². The number of nitrogens with one attached hydrogen (secondary N) is 2. The molecule has 0 fully saturated rings. The number of rotatable bonds is 5. The van der Waals surface area contributed by atoms with Crippen molar-refractivity contribution in [1.29, 1.82) is 0 Å². The van der Waals surface area contributed by atoms with Gasteiger partial charge in [-0.15, -0.1) is 0 Å². The fourth-order valence-corrected chi connectivity index (χ4v) is 0.772. The van der Waals surface area contributed by atoms with E-state index in [0.29, 0.717) is 0 Å². The van der Waals surface area contributed by atoms with Crippen LogP contribution in [0.25, 0.3) is 0 Å². The van der Waals surface area contributed by atoms with E-state index in [9.17, 15) is 14.4 Å². The highest BCUT2D eigenvalue weighted by Crippen LogP contribution is 1.89. The van der Waals surface area contributed by atoms with Crippen molar-refractivity contribution >= 4 is 18.0 Å². The number of hydrogen-bond donors (Lipinski definition) is 3. The maximum Gasteiger partial charge on any atom is 0.326 e. The van der Waals surface area contributed by atoms with Gasteiger partial charge in [-0.2, -0.15) is 0 Å². The van der Waals surface area contributed by atoms with E-state index >= 15 is 0 Å². The quantitative estimate of drug-likeness (QED) is 0.530. The van der Waals surface area contributed by atoms with E-state index in [0.717, 1.165) is 0 Å². The van der Waals surface area contributed by atoms with Crippen LogP contribution < -0.4 is 10.6 Å². The van der Waals surface area contributed by atoms with Gasteiger partial charge in [-0.3, -0.25) is 4.79 Å². The van der Waals surface area contributed by atoms with Gasteiger partial charge in [0.15, 0.2) is 0 Å². The third-order valence-electron chi connectivity index (χ3n) is 1.63. The summed E-state index contributed by atoms with van der Waals surface area (Å²) in [7, 11) is 1.19. The second-order valence-corrected chi connectivity index (χ2v) is 2.70. The van der Waals surface area contributed by atoms with Crippen LogP contribution in [-0.2, 0) is 14.3 Å². The van der Waals surface area contributed by atoms with Gasteiger partial charge in [0.05, 0.1) is 7.11 Å². The molecule has 0 heterocycles. The van der Waals surface area contributed by atoms with Crippen LogP contribution in [0.1, 0.15) is 13.3 Å². The van der Waals surface area contributed by atoms with Crippen LogP contribution in [0, 0.1) is 0 Å². The predicted molar refractivity (Wildman–Crippen MR) is 50.3 cm³/mol.